The van der Waals surface area contributed by atoms with Gasteiger partial charge >= 0.3 is 0 Å². The third-order valence-corrected chi connectivity index (χ3v) is 3.48. The van der Waals surface area contributed by atoms with Gasteiger partial charge in [0.15, 0.2) is 0 Å². The Bertz CT molecular complexity index is 306. The van der Waals surface area contributed by atoms with Crippen LogP contribution >= 0.6 is 0 Å². The van der Waals surface area contributed by atoms with Crippen molar-refractivity contribution in [1.82, 2.24) is 0 Å². The number of nitrogens with one attached hydrogen (secondary N) is 1. The predicted octanol–water partition coefficient (Wildman–Crippen LogP) is 4.35. The second-order valence-electron chi connectivity index (χ2n) is 5.28. The van der Waals surface area contributed by atoms with Gasteiger partial charge in [-0.25, -0.2) is 0 Å². The van der Waals surface area contributed by atoms with Crippen molar-refractivity contribution in [3.63, 3.8) is 0 Å². The molecule has 0 atom stereocenters. The predicted molar refractivity (Wildman–Crippen MR) is 85.7 cm³/mol. The van der Waals surface area contributed by atoms with Gasteiger partial charge in [0.1, 0.15) is 0 Å². The van der Waals surface area contributed by atoms with Gasteiger partial charge in [0.2, 0.25) is 0 Å². The molecule has 0 spiro atoms. The largest absolute Gasteiger partial charge is 0.385 e. The van der Waals surface area contributed by atoms with Crippen molar-refractivity contribution in [3.8, 4) is 0 Å². The molecule has 0 amide bonds. The molecule has 3 N–H and O–H groups in total. The third-order valence-electron chi connectivity index (χ3n) is 3.48. The molecule has 0 aromatic heterocycles. The van der Waals surface area contributed by atoms with E-state index in [0.717, 1.165) is 13.1 Å². The molecule has 1 aromatic carbocycles. The molecule has 0 saturated carbocycles. The van der Waals surface area contributed by atoms with Crippen LogP contribution in [0.4, 0.5) is 5.69 Å². The molecular formula is C17H30N2. The van der Waals surface area contributed by atoms with E-state index in [1.165, 1.54) is 62.6 Å². The van der Waals surface area contributed by atoms with Crippen molar-refractivity contribution >= 4 is 5.69 Å². The summed E-state index contributed by atoms with van der Waals surface area (Å²) in [6, 6.07) is 8.91. The van der Waals surface area contributed by atoms with Crippen LogP contribution < -0.4 is 11.1 Å². The van der Waals surface area contributed by atoms with E-state index in [9.17, 15) is 0 Å². The molecule has 1 rings (SSSR count). The summed E-state index contributed by atoms with van der Waals surface area (Å²) in [4.78, 5) is 0. The fourth-order valence-electron chi connectivity index (χ4n) is 2.20. The van der Waals surface area contributed by atoms with E-state index in [-0.39, 0.29) is 0 Å². The normalized spacial score (nSPS) is 10.6. The Hall–Kier alpha value is -1.02. The lowest BCUT2D eigenvalue weighted by atomic mass is 10.1. The van der Waals surface area contributed by atoms with Crippen LogP contribution in [0, 0.1) is 0 Å². The minimum atomic E-state index is 0.836. The summed E-state index contributed by atoms with van der Waals surface area (Å²) in [6.45, 7) is 4.16. The van der Waals surface area contributed by atoms with Gasteiger partial charge in [0.25, 0.3) is 0 Å². The summed E-state index contributed by atoms with van der Waals surface area (Å²) in [5.74, 6) is 0. The fraction of sp³-hybridized carbons (Fsp3) is 0.647. The Morgan fingerprint density at radius 3 is 2.26 bits per heavy atom. The van der Waals surface area contributed by atoms with Gasteiger partial charge in [0, 0.05) is 12.2 Å². The first-order valence-corrected chi connectivity index (χ1v) is 7.89. The molecule has 0 unspecified atom stereocenters. The standard InChI is InChI=1S/C17H30N2/c1-2-3-9-16-10-12-17(13-11-16)19-15-8-6-4-5-7-14-18/h10-13,19H,2-9,14-15,18H2,1H3. The lowest BCUT2D eigenvalue weighted by Gasteiger charge is -2.07. The van der Waals surface area contributed by atoms with Crippen molar-refractivity contribution < 1.29 is 0 Å². The van der Waals surface area contributed by atoms with Crippen LogP contribution in [0.15, 0.2) is 24.3 Å². The summed E-state index contributed by atoms with van der Waals surface area (Å²) >= 11 is 0. The minimum absolute atomic E-state index is 0.836. The number of nitrogens with two attached hydrogens (primary N) is 1. The number of rotatable bonds is 11. The van der Waals surface area contributed by atoms with E-state index < -0.39 is 0 Å². The molecule has 1 aromatic rings. The topological polar surface area (TPSA) is 38.0 Å². The third kappa shape index (κ3) is 7.89. The molecule has 2 heteroatoms. The van der Waals surface area contributed by atoms with Crippen molar-refractivity contribution in [1.29, 1.82) is 0 Å². The van der Waals surface area contributed by atoms with Gasteiger partial charge in [0.05, 0.1) is 0 Å². The first kappa shape index (κ1) is 16.0. The van der Waals surface area contributed by atoms with Gasteiger partial charge in [-0.05, 0) is 49.9 Å². The molecule has 0 bridgehead atoms. The van der Waals surface area contributed by atoms with Gasteiger partial charge in [-0.3, -0.25) is 0 Å². The van der Waals surface area contributed by atoms with E-state index in [1.807, 2.05) is 0 Å². The number of aryl methyl sites for hydroxylation is 1. The molecule has 108 valence electrons. The van der Waals surface area contributed by atoms with Crippen LogP contribution in [0.25, 0.3) is 0 Å². The second kappa shape index (κ2) is 10.9. The van der Waals surface area contributed by atoms with E-state index in [4.69, 9.17) is 5.73 Å². The highest BCUT2D eigenvalue weighted by atomic mass is 14.9. The Balaban J connectivity index is 2.09. The zero-order valence-corrected chi connectivity index (χ0v) is 12.5. The zero-order valence-electron chi connectivity index (χ0n) is 12.5. The van der Waals surface area contributed by atoms with Crippen molar-refractivity contribution in [2.45, 2.75) is 58.3 Å². The molecule has 0 aliphatic rings. The Morgan fingerprint density at radius 1 is 0.895 bits per heavy atom. The Morgan fingerprint density at radius 2 is 1.58 bits per heavy atom. The molecule has 0 radical (unpaired) electrons. The molecule has 0 aliphatic heterocycles. The van der Waals surface area contributed by atoms with Gasteiger partial charge < -0.3 is 11.1 Å². The quantitative estimate of drug-likeness (QED) is 0.582. The number of hydrogen-bond donors (Lipinski definition) is 2. The SMILES string of the molecule is CCCCc1ccc(NCCCCCCCN)cc1. The highest BCUT2D eigenvalue weighted by Crippen LogP contribution is 2.12. The summed E-state index contributed by atoms with van der Waals surface area (Å²) in [6.07, 6.45) is 10.1. The minimum Gasteiger partial charge on any atom is -0.385 e. The number of hydrogen-bond acceptors (Lipinski definition) is 2. The van der Waals surface area contributed by atoms with Gasteiger partial charge in [-0.1, -0.05) is 44.7 Å². The Labute approximate surface area is 118 Å². The highest BCUT2D eigenvalue weighted by molar-refractivity contribution is 5.44. The molecular weight excluding hydrogens is 232 g/mol. The second-order valence-corrected chi connectivity index (χ2v) is 5.28. The summed E-state index contributed by atoms with van der Waals surface area (Å²) in [5, 5.41) is 3.49. The first-order valence-electron chi connectivity index (χ1n) is 7.89. The molecule has 0 heterocycles. The van der Waals surface area contributed by atoms with E-state index in [2.05, 4.69) is 36.5 Å². The molecule has 0 fully saturated rings. The number of benzene rings is 1. The zero-order chi connectivity index (χ0) is 13.8. The highest BCUT2D eigenvalue weighted by Gasteiger charge is 1.95. The summed E-state index contributed by atoms with van der Waals surface area (Å²) < 4.78 is 0. The van der Waals surface area contributed by atoms with Crippen molar-refractivity contribution in [3.05, 3.63) is 29.8 Å². The van der Waals surface area contributed by atoms with E-state index >= 15 is 0 Å². The molecule has 2 nitrogen and oxygen atoms in total. The summed E-state index contributed by atoms with van der Waals surface area (Å²) in [5.41, 5.74) is 8.18. The first-order chi connectivity index (χ1) is 9.36. The number of unbranched alkanes of at least 4 members (excludes halogenated alkanes) is 5. The monoisotopic (exact) mass is 262 g/mol. The van der Waals surface area contributed by atoms with Crippen LogP contribution in [0.2, 0.25) is 0 Å². The lowest BCUT2D eigenvalue weighted by molar-refractivity contribution is 0.629. The van der Waals surface area contributed by atoms with Gasteiger partial charge in [-0.15, -0.1) is 0 Å². The van der Waals surface area contributed by atoms with Gasteiger partial charge in [-0.2, -0.15) is 0 Å². The van der Waals surface area contributed by atoms with Crippen molar-refractivity contribution in [2.24, 2.45) is 5.73 Å². The maximum Gasteiger partial charge on any atom is 0.0340 e. The molecule has 19 heavy (non-hydrogen) atoms. The van der Waals surface area contributed by atoms with Crippen LogP contribution in [0.5, 0.6) is 0 Å². The van der Waals surface area contributed by atoms with Crippen LogP contribution in [-0.2, 0) is 6.42 Å². The lowest BCUT2D eigenvalue weighted by Crippen LogP contribution is -2.02. The fourth-order valence-corrected chi connectivity index (χ4v) is 2.20. The smallest absolute Gasteiger partial charge is 0.0340 e. The van der Waals surface area contributed by atoms with Crippen LogP contribution in [-0.4, -0.2) is 13.1 Å². The van der Waals surface area contributed by atoms with E-state index in [0.29, 0.717) is 0 Å². The molecule has 0 saturated heterocycles. The number of anilines is 1. The molecule has 0 aliphatic carbocycles. The maximum atomic E-state index is 5.48. The average molecular weight is 262 g/mol. The van der Waals surface area contributed by atoms with Crippen LogP contribution in [0.3, 0.4) is 0 Å². The van der Waals surface area contributed by atoms with Crippen molar-refractivity contribution in [2.75, 3.05) is 18.4 Å². The average Bonchev–Trinajstić information content (AvgIpc) is 2.45. The maximum absolute atomic E-state index is 5.48. The summed E-state index contributed by atoms with van der Waals surface area (Å²) in [7, 11) is 0. The Kier molecular flexibility index (Phi) is 9.17. The van der Waals surface area contributed by atoms with Crippen LogP contribution in [0.1, 0.15) is 57.4 Å². The van der Waals surface area contributed by atoms with E-state index in [1.54, 1.807) is 0 Å².